The average molecular weight is 240 g/mol. The minimum Gasteiger partial charge on any atom is -0.365 e. The van der Waals surface area contributed by atoms with Gasteiger partial charge in [0.15, 0.2) is 0 Å². The molecule has 0 saturated heterocycles. The molecule has 0 aliphatic rings. The number of hydrogen-bond donors (Lipinski definition) is 2. The van der Waals surface area contributed by atoms with E-state index in [4.69, 9.17) is 5.73 Å². The number of rotatable bonds is 4. The van der Waals surface area contributed by atoms with Gasteiger partial charge in [-0.25, -0.2) is 4.98 Å². The fourth-order valence-electron chi connectivity index (χ4n) is 1.83. The molecule has 0 fully saturated rings. The highest BCUT2D eigenvalue weighted by Gasteiger charge is 2.10. The molecule has 2 rings (SSSR count). The summed E-state index contributed by atoms with van der Waals surface area (Å²) in [6.45, 7) is 2.58. The third-order valence-electron chi connectivity index (χ3n) is 2.96. The zero-order valence-electron chi connectivity index (χ0n) is 10.4. The van der Waals surface area contributed by atoms with Crippen molar-refractivity contribution >= 4 is 16.7 Å². The van der Waals surface area contributed by atoms with Crippen molar-refractivity contribution in [3.05, 3.63) is 35.9 Å². The molecule has 0 bridgehead atoms. The van der Waals surface area contributed by atoms with Gasteiger partial charge in [0.1, 0.15) is 11.9 Å². The number of aromatic nitrogens is 1. The minimum atomic E-state index is 0.144. The summed E-state index contributed by atoms with van der Waals surface area (Å²) in [5.41, 5.74) is 7.10. The molecule has 1 heterocycles. The number of benzene rings is 1. The molecule has 1 aromatic heterocycles. The number of nitrogens with one attached hydrogen (secondary N) is 1. The van der Waals surface area contributed by atoms with Gasteiger partial charge in [-0.05, 0) is 18.6 Å². The van der Waals surface area contributed by atoms with E-state index in [1.54, 1.807) is 0 Å². The van der Waals surface area contributed by atoms with Crippen LogP contribution >= 0.6 is 0 Å². The topological polar surface area (TPSA) is 74.7 Å². The molecule has 4 heteroatoms. The summed E-state index contributed by atoms with van der Waals surface area (Å²) in [4.78, 5) is 4.49. The third kappa shape index (κ3) is 2.41. The van der Waals surface area contributed by atoms with Crippen LogP contribution in [0.2, 0.25) is 0 Å². The number of nitrogens with two attached hydrogens (primary N) is 1. The fourth-order valence-corrected chi connectivity index (χ4v) is 1.83. The van der Waals surface area contributed by atoms with Crippen LogP contribution in [0, 0.1) is 11.3 Å². The molecule has 0 aliphatic carbocycles. The summed E-state index contributed by atoms with van der Waals surface area (Å²) in [5, 5.41) is 13.4. The van der Waals surface area contributed by atoms with Gasteiger partial charge in [0.2, 0.25) is 0 Å². The van der Waals surface area contributed by atoms with Gasteiger partial charge in [0.05, 0.1) is 11.1 Å². The number of para-hydroxylation sites is 1. The first-order valence-corrected chi connectivity index (χ1v) is 6.05. The van der Waals surface area contributed by atoms with Gasteiger partial charge >= 0.3 is 0 Å². The highest BCUT2D eigenvalue weighted by molar-refractivity contribution is 5.82. The maximum absolute atomic E-state index is 9.17. The number of hydrogen-bond acceptors (Lipinski definition) is 4. The largest absolute Gasteiger partial charge is 0.365 e. The molecule has 92 valence electrons. The molecule has 0 radical (unpaired) electrons. The highest BCUT2D eigenvalue weighted by Crippen LogP contribution is 2.20. The Labute approximate surface area is 106 Å². The van der Waals surface area contributed by atoms with Crippen LogP contribution < -0.4 is 11.1 Å². The van der Waals surface area contributed by atoms with Gasteiger partial charge in [0, 0.05) is 18.0 Å². The van der Waals surface area contributed by atoms with Gasteiger partial charge < -0.3 is 11.1 Å². The Morgan fingerprint density at radius 1 is 1.44 bits per heavy atom. The van der Waals surface area contributed by atoms with Crippen molar-refractivity contribution in [2.75, 3.05) is 11.9 Å². The Kier molecular flexibility index (Phi) is 3.75. The summed E-state index contributed by atoms with van der Waals surface area (Å²) in [6.07, 6.45) is 0.899. The van der Waals surface area contributed by atoms with E-state index in [2.05, 4.69) is 23.3 Å². The Hall–Kier alpha value is -2.12. The van der Waals surface area contributed by atoms with Crippen LogP contribution in [-0.4, -0.2) is 17.6 Å². The number of pyridine rings is 1. The maximum atomic E-state index is 9.17. The van der Waals surface area contributed by atoms with E-state index in [1.165, 1.54) is 0 Å². The number of anilines is 1. The summed E-state index contributed by atoms with van der Waals surface area (Å²) in [7, 11) is 0. The average Bonchev–Trinajstić information content (AvgIpc) is 2.43. The van der Waals surface area contributed by atoms with Crippen LogP contribution in [0.1, 0.15) is 18.9 Å². The zero-order valence-corrected chi connectivity index (χ0v) is 10.4. The molecule has 1 unspecified atom stereocenters. The molecule has 1 atom stereocenters. The molecule has 0 aliphatic heterocycles. The molecule has 0 amide bonds. The van der Waals surface area contributed by atoms with Crippen LogP contribution in [0.25, 0.3) is 10.9 Å². The molecule has 3 N–H and O–H groups in total. The monoisotopic (exact) mass is 240 g/mol. The second kappa shape index (κ2) is 5.48. The van der Waals surface area contributed by atoms with Crippen molar-refractivity contribution in [1.29, 1.82) is 5.26 Å². The normalized spacial score (nSPS) is 12.1. The van der Waals surface area contributed by atoms with Gasteiger partial charge in [-0.2, -0.15) is 5.26 Å². The van der Waals surface area contributed by atoms with Crippen molar-refractivity contribution in [1.82, 2.24) is 4.98 Å². The number of nitriles is 1. The zero-order chi connectivity index (χ0) is 13.0. The Balaban J connectivity index is 2.45. The van der Waals surface area contributed by atoms with Gasteiger partial charge in [-0.15, -0.1) is 0 Å². The van der Waals surface area contributed by atoms with Crippen molar-refractivity contribution in [2.45, 2.75) is 19.4 Å². The van der Waals surface area contributed by atoms with Crippen LogP contribution in [0.5, 0.6) is 0 Å². The number of fused-ring (bicyclic) bond motifs is 1. The van der Waals surface area contributed by atoms with Crippen molar-refractivity contribution < 1.29 is 0 Å². The minimum absolute atomic E-state index is 0.144. The van der Waals surface area contributed by atoms with Gasteiger partial charge in [-0.3, -0.25) is 0 Å². The molecule has 0 spiro atoms. The fraction of sp³-hybridized carbons (Fsp3) is 0.286. The van der Waals surface area contributed by atoms with E-state index in [-0.39, 0.29) is 6.04 Å². The van der Waals surface area contributed by atoms with Crippen LogP contribution in [-0.2, 0) is 0 Å². The molecule has 0 saturated carbocycles. The predicted octanol–water partition coefficient (Wildman–Crippen LogP) is 2.26. The van der Waals surface area contributed by atoms with Crippen LogP contribution in [0.3, 0.4) is 0 Å². The van der Waals surface area contributed by atoms with Crippen LogP contribution in [0.4, 0.5) is 5.82 Å². The van der Waals surface area contributed by atoms with Gasteiger partial charge in [-0.1, -0.05) is 25.1 Å². The lowest BCUT2D eigenvalue weighted by Crippen LogP contribution is -2.28. The molecular formula is C14H16N4. The first kappa shape index (κ1) is 12.3. The highest BCUT2D eigenvalue weighted by atomic mass is 15.0. The second-order valence-corrected chi connectivity index (χ2v) is 4.17. The predicted molar refractivity (Wildman–Crippen MR) is 73.2 cm³/mol. The second-order valence-electron chi connectivity index (χ2n) is 4.17. The standard InChI is InChI=1S/C14H16N4/c1-2-12(9-16)17-14-11(8-15)7-10-5-3-4-6-13(10)18-14/h3-7,12H,2,9,16H2,1H3,(H,17,18). The molecular weight excluding hydrogens is 224 g/mol. The van der Waals surface area contributed by atoms with E-state index < -0.39 is 0 Å². The maximum Gasteiger partial charge on any atom is 0.144 e. The first-order chi connectivity index (χ1) is 8.78. The summed E-state index contributed by atoms with van der Waals surface area (Å²) >= 11 is 0. The van der Waals surface area contributed by atoms with Gasteiger partial charge in [0.25, 0.3) is 0 Å². The van der Waals surface area contributed by atoms with Crippen molar-refractivity contribution in [3.63, 3.8) is 0 Å². The lowest BCUT2D eigenvalue weighted by atomic mass is 10.1. The summed E-state index contributed by atoms with van der Waals surface area (Å²) < 4.78 is 0. The van der Waals surface area contributed by atoms with Crippen molar-refractivity contribution in [3.8, 4) is 6.07 Å². The van der Waals surface area contributed by atoms with E-state index in [1.807, 2.05) is 30.3 Å². The Morgan fingerprint density at radius 2 is 2.22 bits per heavy atom. The smallest absolute Gasteiger partial charge is 0.144 e. The molecule has 2 aromatic rings. The Bertz CT molecular complexity index is 582. The lowest BCUT2D eigenvalue weighted by molar-refractivity contribution is 0.700. The SMILES string of the molecule is CCC(CN)Nc1nc2ccccc2cc1C#N. The van der Waals surface area contributed by atoms with Crippen molar-refractivity contribution in [2.24, 2.45) is 5.73 Å². The number of nitrogens with zero attached hydrogens (tertiary/aromatic N) is 2. The molecule has 4 nitrogen and oxygen atoms in total. The Morgan fingerprint density at radius 3 is 2.89 bits per heavy atom. The molecule has 18 heavy (non-hydrogen) atoms. The van der Waals surface area contributed by atoms with Crippen LogP contribution in [0.15, 0.2) is 30.3 Å². The first-order valence-electron chi connectivity index (χ1n) is 6.05. The van der Waals surface area contributed by atoms with E-state index in [0.29, 0.717) is 17.9 Å². The lowest BCUT2D eigenvalue weighted by Gasteiger charge is -2.16. The quantitative estimate of drug-likeness (QED) is 0.859. The third-order valence-corrected chi connectivity index (χ3v) is 2.96. The summed E-state index contributed by atoms with van der Waals surface area (Å²) in [5.74, 6) is 0.619. The van der Waals surface area contributed by atoms with E-state index in [0.717, 1.165) is 17.3 Å². The summed E-state index contributed by atoms with van der Waals surface area (Å²) in [6, 6.07) is 11.9. The molecule has 1 aromatic carbocycles. The van der Waals surface area contributed by atoms with E-state index in [9.17, 15) is 5.26 Å². The van der Waals surface area contributed by atoms with E-state index >= 15 is 0 Å².